The number of carbonyl (C=O) groups is 1. The fraction of sp³-hybridized carbons (Fsp3) is 0.444. The van der Waals surface area contributed by atoms with Crippen LogP contribution in [0.5, 0.6) is 0 Å². The Morgan fingerprint density at radius 1 is 1.28 bits per heavy atom. The molecule has 5 nitrogen and oxygen atoms in total. The Bertz CT molecular complexity index is 685. The maximum atomic E-state index is 12.8. The molecular weight excluding hydrogens is 326 g/mol. The lowest BCUT2D eigenvalue weighted by molar-refractivity contribution is 0.0670. The summed E-state index contributed by atoms with van der Waals surface area (Å²) in [6.45, 7) is -2.37. The van der Waals surface area contributed by atoms with Gasteiger partial charge in [0.05, 0.1) is 6.04 Å². The van der Waals surface area contributed by atoms with Gasteiger partial charge in [-0.3, -0.25) is 4.57 Å². The monoisotopic (exact) mass is 348 g/mol. The lowest BCUT2D eigenvalue weighted by Crippen LogP contribution is -2.42. The van der Waals surface area contributed by atoms with E-state index in [-0.39, 0.29) is 30.9 Å². The third-order valence-electron chi connectivity index (χ3n) is 4.66. The smallest absolute Gasteiger partial charge is 0.319 e. The van der Waals surface area contributed by atoms with Crippen molar-refractivity contribution in [2.24, 2.45) is 5.92 Å². The molecular formula is C18H22F2N4O. The van der Waals surface area contributed by atoms with Gasteiger partial charge < -0.3 is 10.6 Å². The molecule has 1 aliphatic carbocycles. The van der Waals surface area contributed by atoms with Gasteiger partial charge in [-0.1, -0.05) is 36.8 Å². The predicted molar refractivity (Wildman–Crippen MR) is 90.2 cm³/mol. The van der Waals surface area contributed by atoms with Crippen molar-refractivity contribution in [3.05, 3.63) is 54.1 Å². The van der Waals surface area contributed by atoms with Crippen LogP contribution in [0.4, 0.5) is 13.6 Å². The van der Waals surface area contributed by atoms with E-state index in [4.69, 9.17) is 0 Å². The van der Waals surface area contributed by atoms with Crippen LogP contribution >= 0.6 is 0 Å². The standard InChI is InChI=1S/C18H22F2N4O/c19-17(20)24-12-11-21-15(24)9-10-22-18(25)23-16(14-7-4-8-14)13-5-2-1-3-6-13/h1-3,5-6,11-12,14,16-17H,4,7-10H2,(H2,22,23,25)/t16-/m0/s1. The highest BCUT2D eigenvalue weighted by molar-refractivity contribution is 5.74. The van der Waals surface area contributed by atoms with E-state index < -0.39 is 6.55 Å². The van der Waals surface area contributed by atoms with Crippen LogP contribution in [0.1, 0.15) is 43.2 Å². The Labute approximate surface area is 145 Å². The number of hydrogen-bond acceptors (Lipinski definition) is 2. The molecule has 1 saturated carbocycles. The van der Waals surface area contributed by atoms with Gasteiger partial charge >= 0.3 is 12.6 Å². The number of carbonyl (C=O) groups excluding carboxylic acids is 1. The minimum Gasteiger partial charge on any atom is -0.338 e. The first-order chi connectivity index (χ1) is 12.1. The second-order valence-electron chi connectivity index (χ2n) is 6.26. The number of hydrogen-bond donors (Lipinski definition) is 2. The summed E-state index contributed by atoms with van der Waals surface area (Å²) in [5.74, 6) is 0.708. The summed E-state index contributed by atoms with van der Waals surface area (Å²) in [7, 11) is 0. The number of nitrogens with zero attached hydrogens (tertiary/aromatic N) is 2. The maximum absolute atomic E-state index is 12.8. The maximum Gasteiger partial charge on any atom is 0.319 e. The first-order valence-corrected chi connectivity index (χ1v) is 8.54. The van der Waals surface area contributed by atoms with E-state index in [0.29, 0.717) is 5.92 Å². The molecule has 0 radical (unpaired) electrons. The lowest BCUT2D eigenvalue weighted by Gasteiger charge is -2.34. The van der Waals surface area contributed by atoms with Gasteiger partial charge in [0.25, 0.3) is 0 Å². The summed E-state index contributed by atoms with van der Waals surface area (Å²) < 4.78 is 26.3. The molecule has 2 amide bonds. The first-order valence-electron chi connectivity index (χ1n) is 8.54. The molecule has 0 saturated heterocycles. The molecule has 1 fully saturated rings. The molecule has 1 aromatic heterocycles. The van der Waals surface area contributed by atoms with Crippen molar-refractivity contribution in [1.29, 1.82) is 0 Å². The molecule has 1 heterocycles. The Balaban J connectivity index is 1.53. The van der Waals surface area contributed by atoms with Gasteiger partial charge in [0.1, 0.15) is 5.82 Å². The molecule has 0 unspecified atom stereocenters. The molecule has 0 aliphatic heterocycles. The van der Waals surface area contributed by atoms with Crippen LogP contribution in [0.15, 0.2) is 42.7 Å². The fourth-order valence-corrected chi connectivity index (χ4v) is 3.10. The van der Waals surface area contributed by atoms with E-state index in [9.17, 15) is 13.6 Å². The van der Waals surface area contributed by atoms with Crippen LogP contribution in [-0.4, -0.2) is 22.1 Å². The highest BCUT2D eigenvalue weighted by Crippen LogP contribution is 2.37. The summed E-state index contributed by atoms with van der Waals surface area (Å²) >= 11 is 0. The minimum atomic E-state index is -2.62. The van der Waals surface area contributed by atoms with Crippen molar-refractivity contribution < 1.29 is 13.6 Å². The molecule has 134 valence electrons. The Morgan fingerprint density at radius 2 is 2.04 bits per heavy atom. The topological polar surface area (TPSA) is 59.0 Å². The summed E-state index contributed by atoms with van der Waals surface area (Å²) in [6, 6.07) is 9.61. The van der Waals surface area contributed by atoms with Crippen molar-refractivity contribution in [2.75, 3.05) is 6.54 Å². The number of benzene rings is 1. The second kappa shape index (κ2) is 8.09. The van der Waals surface area contributed by atoms with Crippen molar-refractivity contribution in [3.8, 4) is 0 Å². The summed E-state index contributed by atoms with van der Waals surface area (Å²) in [5, 5.41) is 5.77. The minimum absolute atomic E-state index is 0.0157. The normalized spacial score (nSPS) is 15.6. The molecule has 2 N–H and O–H groups in total. The molecule has 1 aromatic carbocycles. The Kier molecular flexibility index (Phi) is 5.63. The zero-order valence-electron chi connectivity index (χ0n) is 13.9. The molecule has 0 bridgehead atoms. The lowest BCUT2D eigenvalue weighted by atomic mass is 9.77. The van der Waals surface area contributed by atoms with Gasteiger partial charge in [0, 0.05) is 25.4 Å². The van der Waals surface area contributed by atoms with Gasteiger partial charge in [-0.15, -0.1) is 0 Å². The predicted octanol–water partition coefficient (Wildman–Crippen LogP) is 3.66. The molecule has 2 aromatic rings. The number of alkyl halides is 2. The number of rotatable bonds is 7. The van der Waals surface area contributed by atoms with Crippen LogP contribution < -0.4 is 10.6 Å². The SMILES string of the molecule is O=C(NCCc1nccn1C(F)F)N[C@@H](c1ccccc1)C1CCC1. The zero-order chi connectivity index (χ0) is 17.6. The van der Waals surface area contributed by atoms with Crippen LogP contribution in [0.25, 0.3) is 0 Å². The van der Waals surface area contributed by atoms with E-state index in [1.54, 1.807) is 0 Å². The molecule has 1 aliphatic rings. The van der Waals surface area contributed by atoms with Crippen LogP contribution in [0, 0.1) is 5.92 Å². The second-order valence-corrected chi connectivity index (χ2v) is 6.26. The van der Waals surface area contributed by atoms with Crippen molar-refractivity contribution in [1.82, 2.24) is 20.2 Å². The van der Waals surface area contributed by atoms with Gasteiger partial charge in [0.2, 0.25) is 0 Å². The van der Waals surface area contributed by atoms with Crippen molar-refractivity contribution in [2.45, 2.75) is 38.3 Å². The summed E-state index contributed by atoms with van der Waals surface area (Å²) in [5.41, 5.74) is 1.09. The average Bonchev–Trinajstić information content (AvgIpc) is 3.02. The molecule has 0 spiro atoms. The molecule has 7 heteroatoms. The fourth-order valence-electron chi connectivity index (χ4n) is 3.10. The first kappa shape index (κ1) is 17.4. The number of aromatic nitrogens is 2. The third kappa shape index (κ3) is 4.35. The van der Waals surface area contributed by atoms with Crippen LogP contribution in [0.3, 0.4) is 0 Å². The van der Waals surface area contributed by atoms with E-state index in [0.717, 1.165) is 23.0 Å². The summed E-state index contributed by atoms with van der Waals surface area (Å²) in [6.07, 6.45) is 6.22. The quantitative estimate of drug-likeness (QED) is 0.802. The number of imidazole rings is 1. The van der Waals surface area contributed by atoms with E-state index in [2.05, 4.69) is 15.6 Å². The average molecular weight is 348 g/mol. The summed E-state index contributed by atoms with van der Waals surface area (Å²) in [4.78, 5) is 16.1. The Hall–Kier alpha value is -2.44. The molecule has 3 rings (SSSR count). The van der Waals surface area contributed by atoms with Gasteiger partial charge in [-0.2, -0.15) is 8.78 Å². The van der Waals surface area contributed by atoms with E-state index >= 15 is 0 Å². The van der Waals surface area contributed by atoms with Gasteiger partial charge in [-0.05, 0) is 24.3 Å². The van der Waals surface area contributed by atoms with Gasteiger partial charge in [0.15, 0.2) is 0 Å². The number of halogens is 2. The number of urea groups is 1. The highest BCUT2D eigenvalue weighted by Gasteiger charge is 2.29. The number of nitrogens with one attached hydrogen (secondary N) is 2. The van der Waals surface area contributed by atoms with Crippen LogP contribution in [0.2, 0.25) is 0 Å². The van der Waals surface area contributed by atoms with Crippen molar-refractivity contribution in [3.63, 3.8) is 0 Å². The van der Waals surface area contributed by atoms with Crippen LogP contribution in [-0.2, 0) is 6.42 Å². The Morgan fingerprint density at radius 3 is 2.68 bits per heavy atom. The van der Waals surface area contributed by atoms with E-state index in [1.165, 1.54) is 18.8 Å². The molecule has 1 atom stereocenters. The molecule has 25 heavy (non-hydrogen) atoms. The zero-order valence-corrected chi connectivity index (χ0v) is 13.9. The van der Waals surface area contributed by atoms with Gasteiger partial charge in [-0.25, -0.2) is 9.78 Å². The third-order valence-corrected chi connectivity index (χ3v) is 4.66. The van der Waals surface area contributed by atoms with Crippen molar-refractivity contribution >= 4 is 6.03 Å². The van der Waals surface area contributed by atoms with E-state index in [1.807, 2.05) is 30.3 Å². The number of amides is 2. The highest BCUT2D eigenvalue weighted by atomic mass is 19.3. The largest absolute Gasteiger partial charge is 0.338 e.